The zero-order valence-corrected chi connectivity index (χ0v) is 14.4. The highest BCUT2D eigenvalue weighted by Gasteiger charge is 2.09. The van der Waals surface area contributed by atoms with Crippen molar-refractivity contribution in [1.29, 1.82) is 0 Å². The monoisotopic (exact) mass is 428 g/mol. The third-order valence-electron chi connectivity index (χ3n) is 2.71. The van der Waals surface area contributed by atoms with Crippen molar-refractivity contribution >= 4 is 43.9 Å². The van der Waals surface area contributed by atoms with Gasteiger partial charge in [-0.2, -0.15) is 0 Å². The molecule has 3 nitrogen and oxygen atoms in total. The standard InChI is InChI=1S/C16H11Br2FO3/c17-13-7-10(4-5-15(20)21)8-14(18)16(13)22-9-11-2-1-3-12(19)6-11/h1-8H,9H2,(H,20,21)/b5-4+. The van der Waals surface area contributed by atoms with E-state index in [9.17, 15) is 9.18 Å². The molecule has 0 aliphatic rings. The van der Waals surface area contributed by atoms with Gasteiger partial charge in [0.2, 0.25) is 0 Å². The van der Waals surface area contributed by atoms with Crippen molar-refractivity contribution in [3.63, 3.8) is 0 Å². The molecule has 0 saturated heterocycles. The van der Waals surface area contributed by atoms with E-state index in [1.54, 1.807) is 24.3 Å². The molecule has 0 unspecified atom stereocenters. The summed E-state index contributed by atoms with van der Waals surface area (Å²) in [6.07, 6.45) is 2.54. The van der Waals surface area contributed by atoms with E-state index in [-0.39, 0.29) is 12.4 Å². The van der Waals surface area contributed by atoms with Crippen LogP contribution in [0.1, 0.15) is 11.1 Å². The number of carboxylic acids is 1. The molecule has 0 atom stereocenters. The molecule has 0 aliphatic heterocycles. The quantitative estimate of drug-likeness (QED) is 0.678. The highest BCUT2D eigenvalue weighted by Crippen LogP contribution is 2.35. The molecule has 0 bridgehead atoms. The second-order valence-corrected chi connectivity index (χ2v) is 6.11. The van der Waals surface area contributed by atoms with Crippen LogP contribution >= 0.6 is 31.9 Å². The summed E-state index contributed by atoms with van der Waals surface area (Å²) in [7, 11) is 0. The van der Waals surface area contributed by atoms with E-state index in [0.29, 0.717) is 25.8 Å². The first-order chi connectivity index (χ1) is 10.5. The van der Waals surface area contributed by atoms with Crippen LogP contribution in [-0.2, 0) is 11.4 Å². The molecule has 0 spiro atoms. The van der Waals surface area contributed by atoms with Crippen LogP contribution in [0.4, 0.5) is 4.39 Å². The maximum Gasteiger partial charge on any atom is 0.328 e. The molecule has 2 rings (SSSR count). The molecule has 0 fully saturated rings. The van der Waals surface area contributed by atoms with Crippen LogP contribution in [0.3, 0.4) is 0 Å². The Kier molecular flexibility index (Phi) is 5.74. The molecule has 6 heteroatoms. The lowest BCUT2D eigenvalue weighted by Crippen LogP contribution is -1.98. The van der Waals surface area contributed by atoms with Gasteiger partial charge in [-0.15, -0.1) is 0 Å². The van der Waals surface area contributed by atoms with Gasteiger partial charge in [0, 0.05) is 6.08 Å². The van der Waals surface area contributed by atoms with E-state index in [1.807, 2.05) is 0 Å². The Labute approximate surface area is 143 Å². The van der Waals surface area contributed by atoms with Gasteiger partial charge in [0.05, 0.1) is 8.95 Å². The molecule has 22 heavy (non-hydrogen) atoms. The zero-order valence-electron chi connectivity index (χ0n) is 11.2. The molecule has 2 aromatic carbocycles. The first-order valence-electron chi connectivity index (χ1n) is 6.23. The fourth-order valence-corrected chi connectivity index (χ4v) is 3.21. The molecule has 0 aliphatic carbocycles. The van der Waals surface area contributed by atoms with E-state index in [0.717, 1.165) is 6.08 Å². The van der Waals surface area contributed by atoms with E-state index < -0.39 is 5.97 Å². The first-order valence-corrected chi connectivity index (χ1v) is 7.81. The van der Waals surface area contributed by atoms with Gasteiger partial charge in [0.25, 0.3) is 0 Å². The summed E-state index contributed by atoms with van der Waals surface area (Å²) in [6, 6.07) is 9.66. The van der Waals surface area contributed by atoms with E-state index >= 15 is 0 Å². The smallest absolute Gasteiger partial charge is 0.328 e. The lowest BCUT2D eigenvalue weighted by Gasteiger charge is -2.11. The predicted molar refractivity (Wildman–Crippen MR) is 89.2 cm³/mol. The lowest BCUT2D eigenvalue weighted by atomic mass is 10.2. The zero-order chi connectivity index (χ0) is 16.1. The maximum absolute atomic E-state index is 13.1. The number of carbonyl (C=O) groups is 1. The molecular formula is C16H11Br2FO3. The van der Waals surface area contributed by atoms with E-state index in [4.69, 9.17) is 9.84 Å². The Morgan fingerprint density at radius 1 is 1.23 bits per heavy atom. The predicted octanol–water partition coefficient (Wildman–Crippen LogP) is 5.03. The Bertz CT molecular complexity index is 706. The van der Waals surface area contributed by atoms with Gasteiger partial charge in [-0.1, -0.05) is 12.1 Å². The number of halogens is 3. The van der Waals surface area contributed by atoms with Crippen molar-refractivity contribution in [2.75, 3.05) is 0 Å². The molecule has 114 valence electrons. The van der Waals surface area contributed by atoms with Crippen LogP contribution < -0.4 is 4.74 Å². The molecule has 0 radical (unpaired) electrons. The molecule has 0 aromatic heterocycles. The van der Waals surface area contributed by atoms with Crippen LogP contribution in [-0.4, -0.2) is 11.1 Å². The van der Waals surface area contributed by atoms with Gasteiger partial charge in [-0.3, -0.25) is 0 Å². The second kappa shape index (κ2) is 7.56. The van der Waals surface area contributed by atoms with Gasteiger partial charge < -0.3 is 9.84 Å². The minimum atomic E-state index is -1.02. The summed E-state index contributed by atoms with van der Waals surface area (Å²) in [5.41, 5.74) is 1.42. The van der Waals surface area contributed by atoms with Crippen molar-refractivity contribution < 1.29 is 19.0 Å². The van der Waals surface area contributed by atoms with Crippen molar-refractivity contribution in [3.05, 3.63) is 68.4 Å². The lowest BCUT2D eigenvalue weighted by molar-refractivity contribution is -0.131. The van der Waals surface area contributed by atoms with Crippen LogP contribution in [0.15, 0.2) is 51.4 Å². The maximum atomic E-state index is 13.1. The summed E-state index contributed by atoms with van der Waals surface area (Å²) < 4.78 is 20.2. The number of benzene rings is 2. The van der Waals surface area contributed by atoms with Crippen molar-refractivity contribution in [2.45, 2.75) is 6.61 Å². The fourth-order valence-electron chi connectivity index (χ4n) is 1.76. The Hall–Kier alpha value is -1.66. The summed E-state index contributed by atoms with van der Waals surface area (Å²) >= 11 is 6.77. The van der Waals surface area contributed by atoms with Crippen LogP contribution in [0.25, 0.3) is 6.08 Å². The molecule has 0 amide bonds. The van der Waals surface area contributed by atoms with Crippen molar-refractivity contribution in [3.8, 4) is 5.75 Å². The topological polar surface area (TPSA) is 46.5 Å². The third-order valence-corrected chi connectivity index (χ3v) is 3.89. The molecule has 1 N–H and O–H groups in total. The molecular weight excluding hydrogens is 419 g/mol. The van der Waals surface area contributed by atoms with Crippen LogP contribution in [0.2, 0.25) is 0 Å². The summed E-state index contributed by atoms with van der Waals surface area (Å²) in [4.78, 5) is 10.5. The van der Waals surface area contributed by atoms with Gasteiger partial charge in [0.1, 0.15) is 18.2 Å². The highest BCUT2D eigenvalue weighted by atomic mass is 79.9. The number of rotatable bonds is 5. The summed E-state index contributed by atoms with van der Waals surface area (Å²) in [5, 5.41) is 8.64. The van der Waals surface area contributed by atoms with E-state index in [2.05, 4.69) is 31.9 Å². The SMILES string of the molecule is O=C(O)/C=C/c1cc(Br)c(OCc2cccc(F)c2)c(Br)c1. The van der Waals surface area contributed by atoms with E-state index in [1.165, 1.54) is 18.2 Å². The Morgan fingerprint density at radius 3 is 2.50 bits per heavy atom. The average molecular weight is 430 g/mol. The van der Waals surface area contributed by atoms with Crippen molar-refractivity contribution in [2.24, 2.45) is 0 Å². The number of ether oxygens (including phenoxy) is 1. The Morgan fingerprint density at radius 2 is 1.91 bits per heavy atom. The molecule has 2 aromatic rings. The van der Waals surface area contributed by atoms with Gasteiger partial charge >= 0.3 is 5.97 Å². The Balaban J connectivity index is 2.16. The fraction of sp³-hybridized carbons (Fsp3) is 0.0625. The van der Waals surface area contributed by atoms with Crippen molar-refractivity contribution in [1.82, 2.24) is 0 Å². The van der Waals surface area contributed by atoms with Gasteiger partial charge in [-0.25, -0.2) is 9.18 Å². The van der Waals surface area contributed by atoms with Gasteiger partial charge in [0.15, 0.2) is 0 Å². The summed E-state index contributed by atoms with van der Waals surface area (Å²) in [6.45, 7) is 0.221. The average Bonchev–Trinajstić information content (AvgIpc) is 2.44. The van der Waals surface area contributed by atoms with Crippen LogP contribution in [0.5, 0.6) is 5.75 Å². The van der Waals surface area contributed by atoms with Gasteiger partial charge in [-0.05, 0) is 73.3 Å². The minimum Gasteiger partial charge on any atom is -0.487 e. The largest absolute Gasteiger partial charge is 0.487 e. The number of aliphatic carboxylic acids is 1. The molecule has 0 heterocycles. The van der Waals surface area contributed by atoms with Crippen LogP contribution in [0, 0.1) is 5.82 Å². The molecule has 0 saturated carbocycles. The number of hydrogen-bond donors (Lipinski definition) is 1. The summed E-state index contributed by atoms with van der Waals surface area (Å²) in [5.74, 6) is -0.760. The third kappa shape index (κ3) is 4.68. The second-order valence-electron chi connectivity index (χ2n) is 4.40. The number of hydrogen-bond acceptors (Lipinski definition) is 2. The number of carboxylic acid groups (broad SMARTS) is 1. The highest BCUT2D eigenvalue weighted by molar-refractivity contribution is 9.11. The minimum absolute atomic E-state index is 0.221. The normalized spacial score (nSPS) is 10.9. The first kappa shape index (κ1) is 16.7.